The highest BCUT2D eigenvalue weighted by atomic mass is 19.1. The highest BCUT2D eigenvalue weighted by Gasteiger charge is 2.35. The molecule has 0 fully saturated rings. The van der Waals surface area contributed by atoms with Gasteiger partial charge in [0.2, 0.25) is 0 Å². The van der Waals surface area contributed by atoms with E-state index < -0.39 is 6.17 Å². The van der Waals surface area contributed by atoms with Gasteiger partial charge >= 0.3 is 0 Å². The van der Waals surface area contributed by atoms with Crippen molar-refractivity contribution in [3.05, 3.63) is 59.2 Å². The number of nitrogens with zero attached hydrogens (tertiary/aromatic N) is 6. The van der Waals surface area contributed by atoms with Crippen LogP contribution in [0.4, 0.5) is 4.39 Å². The molecule has 2 aromatic heterocycles. The zero-order chi connectivity index (χ0) is 16.7. The number of hydrogen-bond acceptors (Lipinski definition) is 4. The maximum atomic E-state index is 14.4. The van der Waals surface area contributed by atoms with Gasteiger partial charge in [-0.2, -0.15) is 10.1 Å². The van der Waals surface area contributed by atoms with Crippen molar-refractivity contribution in [2.75, 3.05) is 7.05 Å². The third kappa shape index (κ3) is 2.33. The summed E-state index contributed by atoms with van der Waals surface area (Å²) in [5, 5.41) is 8.91. The Bertz CT molecular complexity index is 895. The van der Waals surface area contributed by atoms with E-state index in [0.717, 1.165) is 16.8 Å². The van der Waals surface area contributed by atoms with E-state index in [1.165, 1.54) is 0 Å². The molecule has 6 nitrogen and oxygen atoms in total. The van der Waals surface area contributed by atoms with Crippen molar-refractivity contribution < 1.29 is 4.39 Å². The van der Waals surface area contributed by atoms with E-state index in [9.17, 15) is 4.39 Å². The third-order valence-electron chi connectivity index (χ3n) is 4.25. The second-order valence-corrected chi connectivity index (χ2v) is 5.85. The van der Waals surface area contributed by atoms with Crippen molar-refractivity contribution in [2.24, 2.45) is 4.99 Å². The summed E-state index contributed by atoms with van der Waals surface area (Å²) in [6, 6.07) is 9.69. The van der Waals surface area contributed by atoms with Crippen molar-refractivity contribution in [3.8, 4) is 5.95 Å². The molecule has 0 N–H and O–H groups in total. The molecule has 4 rings (SSSR count). The lowest BCUT2D eigenvalue weighted by Crippen LogP contribution is -2.08. The molecule has 0 aliphatic carbocycles. The van der Waals surface area contributed by atoms with Gasteiger partial charge in [-0.1, -0.05) is 30.3 Å². The van der Waals surface area contributed by atoms with Gasteiger partial charge in [-0.3, -0.25) is 4.99 Å². The van der Waals surface area contributed by atoms with Crippen molar-refractivity contribution in [1.82, 2.24) is 24.5 Å². The summed E-state index contributed by atoms with van der Waals surface area (Å²) in [5.41, 5.74) is 2.75. The first kappa shape index (κ1) is 14.7. The summed E-state index contributed by atoms with van der Waals surface area (Å²) in [6.45, 7) is 1.89. The molecule has 3 heterocycles. The average Bonchev–Trinajstić information content (AvgIpc) is 3.25. The second kappa shape index (κ2) is 5.67. The fourth-order valence-electron chi connectivity index (χ4n) is 3.06. The monoisotopic (exact) mass is 324 g/mol. The molecule has 7 heteroatoms. The van der Waals surface area contributed by atoms with Crippen LogP contribution in [-0.4, -0.2) is 37.8 Å². The van der Waals surface area contributed by atoms with Crippen LogP contribution in [0.15, 0.2) is 41.5 Å². The van der Waals surface area contributed by atoms with Crippen LogP contribution in [0.1, 0.15) is 41.3 Å². The first-order chi connectivity index (χ1) is 11.7. The number of benzene rings is 1. The lowest BCUT2D eigenvalue weighted by atomic mass is 10.0. The molecule has 0 bridgehead atoms. The number of fused-ring (bicyclic) bond motifs is 1. The summed E-state index contributed by atoms with van der Waals surface area (Å²) in [6.07, 6.45) is 2.78. The fourth-order valence-corrected chi connectivity index (χ4v) is 3.06. The molecule has 24 heavy (non-hydrogen) atoms. The summed E-state index contributed by atoms with van der Waals surface area (Å²) in [7, 11) is 1.71. The number of halogens is 1. The third-order valence-corrected chi connectivity index (χ3v) is 4.25. The first-order valence-corrected chi connectivity index (χ1v) is 7.81. The quantitative estimate of drug-likeness (QED) is 0.696. The molecule has 2 atom stereocenters. The molecule has 0 saturated carbocycles. The van der Waals surface area contributed by atoms with Gasteiger partial charge in [0.15, 0.2) is 12.0 Å². The molecular weight excluding hydrogens is 307 g/mol. The molecule has 1 aliphatic heterocycles. The van der Waals surface area contributed by atoms with Crippen LogP contribution < -0.4 is 0 Å². The van der Waals surface area contributed by atoms with Crippen molar-refractivity contribution >= 4 is 6.21 Å². The zero-order valence-corrected chi connectivity index (χ0v) is 13.5. The van der Waals surface area contributed by atoms with Crippen molar-refractivity contribution in [3.63, 3.8) is 0 Å². The lowest BCUT2D eigenvalue weighted by Gasteiger charge is -2.11. The van der Waals surface area contributed by atoms with Gasteiger partial charge in [0, 0.05) is 31.4 Å². The number of aliphatic imine (C=N–C) groups is 1. The molecule has 0 radical (unpaired) electrons. The van der Waals surface area contributed by atoms with Crippen molar-refractivity contribution in [1.29, 1.82) is 0 Å². The van der Waals surface area contributed by atoms with Crippen LogP contribution in [0.2, 0.25) is 0 Å². The number of alkyl halides is 1. The molecule has 0 amide bonds. The Morgan fingerprint density at radius 3 is 2.79 bits per heavy atom. The first-order valence-electron chi connectivity index (χ1n) is 7.81. The summed E-state index contributed by atoms with van der Waals surface area (Å²) < 4.78 is 17.7. The van der Waals surface area contributed by atoms with Crippen LogP contribution in [0.25, 0.3) is 5.95 Å². The number of hydrogen-bond donors (Lipinski definition) is 0. The number of aromatic nitrogens is 5. The topological polar surface area (TPSA) is 60.9 Å². The maximum Gasteiger partial charge on any atom is 0.269 e. The Hall–Kier alpha value is -2.83. The Labute approximate surface area is 138 Å². The molecule has 1 aromatic carbocycles. The molecular formula is C17H17FN6. The summed E-state index contributed by atoms with van der Waals surface area (Å²) >= 11 is 0. The van der Waals surface area contributed by atoms with E-state index in [0.29, 0.717) is 18.2 Å². The SMILES string of the molecule is C/N=C\c1cn(-c2nc3n(n2)[C@H](c2ccccc2)C[C@@H]3F)nc1C. The Morgan fingerprint density at radius 2 is 2.04 bits per heavy atom. The van der Waals surface area contributed by atoms with Crippen LogP contribution in [0.3, 0.4) is 0 Å². The minimum Gasteiger partial charge on any atom is -0.296 e. The van der Waals surface area contributed by atoms with E-state index in [1.54, 1.807) is 28.8 Å². The molecule has 0 saturated heterocycles. The highest BCUT2D eigenvalue weighted by Crippen LogP contribution is 2.39. The van der Waals surface area contributed by atoms with Gasteiger partial charge in [0.25, 0.3) is 5.95 Å². The van der Waals surface area contributed by atoms with Crippen LogP contribution in [-0.2, 0) is 0 Å². The standard InChI is InChI=1S/C17H17FN6/c1-11-13(9-19-2)10-23(21-11)17-20-16-14(18)8-15(24(16)22-17)12-6-4-3-5-7-12/h3-7,9-10,14-15H,8H2,1-2H3/b19-9-/t14-,15-/m0/s1. The normalized spacial score (nSPS) is 20.0. The van der Waals surface area contributed by atoms with Gasteiger partial charge in [-0.05, 0) is 12.5 Å². The molecule has 1 aliphatic rings. The minimum absolute atomic E-state index is 0.134. The van der Waals surface area contributed by atoms with E-state index >= 15 is 0 Å². The van der Waals surface area contributed by atoms with Gasteiger partial charge in [0.05, 0.1) is 11.7 Å². The Kier molecular flexibility index (Phi) is 3.48. The van der Waals surface area contributed by atoms with Gasteiger partial charge in [-0.15, -0.1) is 5.10 Å². The van der Waals surface area contributed by atoms with Gasteiger partial charge in [0.1, 0.15) is 0 Å². The molecule has 0 spiro atoms. The number of aryl methyl sites for hydroxylation is 1. The average molecular weight is 324 g/mol. The maximum absolute atomic E-state index is 14.4. The Morgan fingerprint density at radius 1 is 1.25 bits per heavy atom. The molecule has 122 valence electrons. The van der Waals surface area contributed by atoms with Crippen molar-refractivity contribution in [2.45, 2.75) is 25.6 Å². The van der Waals surface area contributed by atoms with E-state index in [2.05, 4.69) is 20.2 Å². The minimum atomic E-state index is -1.12. The largest absolute Gasteiger partial charge is 0.296 e. The summed E-state index contributed by atoms with van der Waals surface area (Å²) in [5.74, 6) is 0.741. The smallest absolute Gasteiger partial charge is 0.269 e. The second-order valence-electron chi connectivity index (χ2n) is 5.85. The summed E-state index contributed by atoms with van der Waals surface area (Å²) in [4.78, 5) is 8.37. The lowest BCUT2D eigenvalue weighted by molar-refractivity contribution is 0.328. The van der Waals surface area contributed by atoms with Crippen LogP contribution >= 0.6 is 0 Å². The fraction of sp³-hybridized carbons (Fsp3) is 0.294. The van der Waals surface area contributed by atoms with E-state index in [-0.39, 0.29) is 6.04 Å². The van der Waals surface area contributed by atoms with Gasteiger partial charge in [-0.25, -0.2) is 13.8 Å². The van der Waals surface area contributed by atoms with Crippen LogP contribution in [0.5, 0.6) is 0 Å². The van der Waals surface area contributed by atoms with E-state index in [1.807, 2.05) is 37.3 Å². The Balaban J connectivity index is 1.74. The molecule has 3 aromatic rings. The van der Waals surface area contributed by atoms with Crippen LogP contribution in [0, 0.1) is 6.92 Å². The predicted octanol–water partition coefficient (Wildman–Crippen LogP) is 2.82. The number of rotatable bonds is 3. The predicted molar refractivity (Wildman–Crippen MR) is 88.4 cm³/mol. The molecule has 0 unspecified atom stereocenters. The zero-order valence-electron chi connectivity index (χ0n) is 13.5. The van der Waals surface area contributed by atoms with Gasteiger partial charge < -0.3 is 0 Å². The van der Waals surface area contributed by atoms with E-state index in [4.69, 9.17) is 0 Å². The highest BCUT2D eigenvalue weighted by molar-refractivity contribution is 5.80.